The van der Waals surface area contributed by atoms with Crippen LogP contribution in [-0.4, -0.2) is 16.8 Å². The van der Waals surface area contributed by atoms with Crippen LogP contribution in [0.3, 0.4) is 0 Å². The summed E-state index contributed by atoms with van der Waals surface area (Å²) in [7, 11) is 0. The van der Waals surface area contributed by atoms with Gasteiger partial charge < -0.3 is 10.1 Å². The van der Waals surface area contributed by atoms with Gasteiger partial charge in [0.1, 0.15) is 12.4 Å². The predicted octanol–water partition coefficient (Wildman–Crippen LogP) is 6.28. The summed E-state index contributed by atoms with van der Waals surface area (Å²) in [6.07, 6.45) is 0. The molecule has 0 atom stereocenters. The van der Waals surface area contributed by atoms with E-state index < -0.39 is 5.91 Å². The van der Waals surface area contributed by atoms with Crippen LogP contribution in [0.1, 0.15) is 31.8 Å². The molecule has 1 amide bonds. The quantitative estimate of drug-likeness (QED) is 0.231. The lowest BCUT2D eigenvalue weighted by Gasteiger charge is -2.14. The summed E-state index contributed by atoms with van der Waals surface area (Å²) in [6, 6.07) is 30.3. The zero-order valence-corrected chi connectivity index (χ0v) is 20.1. The summed E-state index contributed by atoms with van der Waals surface area (Å²) in [6.45, 7) is 0.390. The lowest BCUT2D eigenvalue weighted by Crippen LogP contribution is -2.34. The second-order valence-electron chi connectivity index (χ2n) is 7.60. The Labute approximate surface area is 213 Å². The first-order valence-electron chi connectivity index (χ1n) is 10.8. The van der Waals surface area contributed by atoms with Gasteiger partial charge in [0.05, 0.1) is 5.69 Å². The van der Waals surface area contributed by atoms with Gasteiger partial charge in [0.25, 0.3) is 5.91 Å². The fraction of sp³-hybridized carbons (Fsp3) is 0.0357. The van der Waals surface area contributed by atoms with E-state index in [1.807, 2.05) is 36.4 Å². The molecule has 5 nitrogen and oxygen atoms in total. The number of hydrogen-bond donors (Lipinski definition) is 2. The van der Waals surface area contributed by atoms with E-state index in [2.05, 4.69) is 10.6 Å². The second kappa shape index (κ2) is 11.4. The van der Waals surface area contributed by atoms with Crippen LogP contribution in [0.25, 0.3) is 0 Å². The van der Waals surface area contributed by atoms with E-state index in [0.717, 1.165) is 5.56 Å². The Balaban J connectivity index is 1.43. The molecule has 0 aliphatic heterocycles. The largest absolute Gasteiger partial charge is 0.489 e. The van der Waals surface area contributed by atoms with Crippen LogP contribution in [0.2, 0.25) is 5.02 Å². The van der Waals surface area contributed by atoms with Gasteiger partial charge in [0.2, 0.25) is 0 Å². The fourth-order valence-corrected chi connectivity index (χ4v) is 3.73. The molecule has 0 heterocycles. The number of carbonyl (C=O) groups is 2. The minimum Gasteiger partial charge on any atom is -0.489 e. The number of anilines is 1. The van der Waals surface area contributed by atoms with E-state index in [1.165, 1.54) is 0 Å². The van der Waals surface area contributed by atoms with Gasteiger partial charge in [-0.3, -0.25) is 14.9 Å². The maximum Gasteiger partial charge on any atom is 0.257 e. The van der Waals surface area contributed by atoms with Gasteiger partial charge in [0, 0.05) is 21.7 Å². The molecule has 0 spiro atoms. The molecule has 0 saturated heterocycles. The van der Waals surface area contributed by atoms with E-state index >= 15 is 0 Å². The number of halogens is 1. The molecule has 0 aromatic heterocycles. The zero-order valence-electron chi connectivity index (χ0n) is 18.5. The third kappa shape index (κ3) is 6.53. The molecular weight excluding hydrogens is 480 g/mol. The van der Waals surface area contributed by atoms with Crippen molar-refractivity contribution >= 4 is 46.3 Å². The average molecular weight is 501 g/mol. The minimum atomic E-state index is -0.405. The van der Waals surface area contributed by atoms with Crippen molar-refractivity contribution in [1.29, 1.82) is 0 Å². The molecule has 0 aliphatic carbocycles. The second-order valence-corrected chi connectivity index (χ2v) is 8.44. The average Bonchev–Trinajstić information content (AvgIpc) is 2.89. The first-order chi connectivity index (χ1) is 17.0. The SMILES string of the molecule is O=C(NC(=S)Nc1ccc(Cl)cc1C(=O)c1ccccc1)c1cccc(OCc2ccccc2)c1. The summed E-state index contributed by atoms with van der Waals surface area (Å²) < 4.78 is 5.80. The first kappa shape index (κ1) is 24.1. The van der Waals surface area contributed by atoms with Crippen LogP contribution in [0.4, 0.5) is 5.69 Å². The summed E-state index contributed by atoms with van der Waals surface area (Å²) in [5.41, 5.74) is 2.71. The minimum absolute atomic E-state index is 0.0510. The van der Waals surface area contributed by atoms with E-state index in [1.54, 1.807) is 66.7 Å². The Bertz CT molecular complexity index is 1360. The summed E-state index contributed by atoms with van der Waals surface area (Å²) in [4.78, 5) is 25.8. The number of ketones is 1. The van der Waals surface area contributed by atoms with Crippen molar-refractivity contribution in [2.24, 2.45) is 0 Å². The van der Waals surface area contributed by atoms with Crippen molar-refractivity contribution in [3.05, 3.63) is 130 Å². The fourth-order valence-electron chi connectivity index (χ4n) is 3.36. The molecule has 0 unspecified atom stereocenters. The van der Waals surface area contributed by atoms with E-state index in [4.69, 9.17) is 28.6 Å². The number of nitrogens with one attached hydrogen (secondary N) is 2. The molecule has 0 saturated carbocycles. The Morgan fingerprint density at radius 2 is 1.49 bits per heavy atom. The molecule has 174 valence electrons. The monoisotopic (exact) mass is 500 g/mol. The van der Waals surface area contributed by atoms with Gasteiger partial charge in [-0.15, -0.1) is 0 Å². The topological polar surface area (TPSA) is 67.4 Å². The molecule has 4 aromatic carbocycles. The molecule has 0 aliphatic rings. The van der Waals surface area contributed by atoms with Crippen molar-refractivity contribution < 1.29 is 14.3 Å². The van der Waals surface area contributed by atoms with E-state index in [-0.39, 0.29) is 10.9 Å². The number of ether oxygens (including phenoxy) is 1. The summed E-state index contributed by atoms with van der Waals surface area (Å²) in [5.74, 6) is -0.0561. The maximum atomic E-state index is 13.0. The highest BCUT2D eigenvalue weighted by Crippen LogP contribution is 2.24. The molecule has 35 heavy (non-hydrogen) atoms. The molecule has 0 fully saturated rings. The highest BCUT2D eigenvalue weighted by molar-refractivity contribution is 7.80. The van der Waals surface area contributed by atoms with Gasteiger partial charge >= 0.3 is 0 Å². The highest BCUT2D eigenvalue weighted by atomic mass is 35.5. The number of amides is 1. The maximum absolute atomic E-state index is 13.0. The number of carbonyl (C=O) groups excluding carboxylic acids is 2. The Morgan fingerprint density at radius 3 is 2.23 bits per heavy atom. The van der Waals surface area contributed by atoms with Crippen LogP contribution in [-0.2, 0) is 6.61 Å². The van der Waals surface area contributed by atoms with Crippen LogP contribution >= 0.6 is 23.8 Å². The standard InChI is InChI=1S/C28H21ClN2O3S/c29-22-14-15-25(24(17-22)26(32)20-10-5-2-6-11-20)30-28(35)31-27(33)21-12-7-13-23(16-21)34-18-19-8-3-1-4-9-19/h1-17H,18H2,(H2,30,31,33,35). The van der Waals surface area contributed by atoms with Crippen LogP contribution in [0, 0.1) is 0 Å². The predicted molar refractivity (Wildman–Crippen MR) is 142 cm³/mol. The van der Waals surface area contributed by atoms with Crippen LogP contribution < -0.4 is 15.4 Å². The third-order valence-corrected chi connectivity index (χ3v) is 5.52. The van der Waals surface area contributed by atoms with Gasteiger partial charge in [-0.1, -0.05) is 78.3 Å². The zero-order chi connectivity index (χ0) is 24.6. The smallest absolute Gasteiger partial charge is 0.257 e. The molecule has 4 aromatic rings. The van der Waals surface area contributed by atoms with Gasteiger partial charge in [0.15, 0.2) is 10.9 Å². The number of benzene rings is 4. The van der Waals surface area contributed by atoms with Crippen molar-refractivity contribution in [3.8, 4) is 5.75 Å². The van der Waals surface area contributed by atoms with Crippen LogP contribution in [0.5, 0.6) is 5.75 Å². The highest BCUT2D eigenvalue weighted by Gasteiger charge is 2.16. The number of hydrogen-bond acceptors (Lipinski definition) is 4. The first-order valence-corrected chi connectivity index (χ1v) is 11.6. The molecule has 0 bridgehead atoms. The summed E-state index contributed by atoms with van der Waals surface area (Å²) in [5, 5.41) is 6.05. The van der Waals surface area contributed by atoms with Gasteiger partial charge in [-0.05, 0) is 54.2 Å². The van der Waals surface area contributed by atoms with E-state index in [0.29, 0.717) is 39.8 Å². The number of thiocarbonyl (C=S) groups is 1. The Morgan fingerprint density at radius 1 is 0.800 bits per heavy atom. The lowest BCUT2D eigenvalue weighted by molar-refractivity contribution is 0.0976. The molecular formula is C28H21ClN2O3S. The summed E-state index contributed by atoms with van der Waals surface area (Å²) >= 11 is 11.5. The molecule has 2 N–H and O–H groups in total. The molecule has 0 radical (unpaired) electrons. The van der Waals surface area contributed by atoms with Crippen molar-refractivity contribution in [2.45, 2.75) is 6.61 Å². The van der Waals surface area contributed by atoms with Crippen molar-refractivity contribution in [2.75, 3.05) is 5.32 Å². The third-order valence-electron chi connectivity index (χ3n) is 5.08. The van der Waals surface area contributed by atoms with E-state index in [9.17, 15) is 9.59 Å². The molecule has 7 heteroatoms. The van der Waals surface area contributed by atoms with Crippen LogP contribution in [0.15, 0.2) is 103 Å². The van der Waals surface area contributed by atoms with Gasteiger partial charge in [-0.2, -0.15) is 0 Å². The lowest BCUT2D eigenvalue weighted by atomic mass is 10.0. The Kier molecular flexibility index (Phi) is 7.88. The molecule has 4 rings (SSSR count). The number of rotatable bonds is 7. The normalized spacial score (nSPS) is 10.3. The Hall–Kier alpha value is -4.00. The van der Waals surface area contributed by atoms with Crippen molar-refractivity contribution in [3.63, 3.8) is 0 Å². The van der Waals surface area contributed by atoms with Crippen molar-refractivity contribution in [1.82, 2.24) is 5.32 Å². The van der Waals surface area contributed by atoms with Gasteiger partial charge in [-0.25, -0.2) is 0 Å².